The molecule has 0 aliphatic carbocycles. The SMILES string of the molecule is COP(=O)(OC)[C@H](Nc1ccc(F)cc1)c1ccccc1. The Morgan fingerprint density at radius 2 is 1.57 bits per heavy atom. The number of nitrogens with one attached hydrogen (secondary N) is 1. The van der Waals surface area contributed by atoms with Crippen LogP contribution < -0.4 is 5.32 Å². The van der Waals surface area contributed by atoms with E-state index in [1.807, 2.05) is 30.3 Å². The van der Waals surface area contributed by atoms with Crippen molar-refractivity contribution in [2.75, 3.05) is 19.5 Å². The molecule has 1 atom stereocenters. The molecule has 0 aliphatic heterocycles. The van der Waals surface area contributed by atoms with Crippen LogP contribution in [0.15, 0.2) is 54.6 Å². The number of rotatable bonds is 6. The molecule has 2 rings (SSSR count). The van der Waals surface area contributed by atoms with Gasteiger partial charge in [0, 0.05) is 19.9 Å². The van der Waals surface area contributed by atoms with Crippen LogP contribution in [0.5, 0.6) is 0 Å². The van der Waals surface area contributed by atoms with Crippen molar-refractivity contribution < 1.29 is 18.0 Å². The fraction of sp³-hybridized carbons (Fsp3) is 0.200. The molecule has 21 heavy (non-hydrogen) atoms. The molecule has 6 heteroatoms. The highest BCUT2D eigenvalue weighted by Gasteiger charge is 2.35. The van der Waals surface area contributed by atoms with Crippen LogP contribution in [0.3, 0.4) is 0 Å². The summed E-state index contributed by atoms with van der Waals surface area (Å²) < 4.78 is 35.9. The first-order chi connectivity index (χ1) is 10.1. The van der Waals surface area contributed by atoms with Gasteiger partial charge in [0.15, 0.2) is 5.78 Å². The molecule has 0 radical (unpaired) electrons. The topological polar surface area (TPSA) is 47.6 Å². The van der Waals surface area contributed by atoms with Gasteiger partial charge < -0.3 is 14.4 Å². The standard InChI is InChI=1S/C15H17FNO3P/c1-19-21(18,20-2)15(12-6-4-3-5-7-12)17-14-10-8-13(16)9-11-14/h3-11,15,17H,1-2H3/t15-/m0/s1. The zero-order chi connectivity index (χ0) is 15.3. The Morgan fingerprint density at radius 3 is 2.10 bits per heavy atom. The van der Waals surface area contributed by atoms with Gasteiger partial charge in [-0.3, -0.25) is 4.57 Å². The Morgan fingerprint density at radius 1 is 1.00 bits per heavy atom. The van der Waals surface area contributed by atoms with Gasteiger partial charge in [-0.15, -0.1) is 0 Å². The van der Waals surface area contributed by atoms with Crippen LogP contribution in [0.25, 0.3) is 0 Å². The minimum absolute atomic E-state index is 0.335. The fourth-order valence-electron chi connectivity index (χ4n) is 1.97. The molecule has 0 saturated heterocycles. The number of benzene rings is 2. The van der Waals surface area contributed by atoms with Gasteiger partial charge in [0.25, 0.3) is 0 Å². The normalized spacial score (nSPS) is 12.9. The van der Waals surface area contributed by atoms with Crippen molar-refractivity contribution >= 4 is 13.3 Å². The van der Waals surface area contributed by atoms with E-state index < -0.39 is 13.4 Å². The third kappa shape index (κ3) is 3.70. The van der Waals surface area contributed by atoms with Crippen LogP contribution in [0.1, 0.15) is 11.3 Å². The Bertz CT molecular complexity index is 611. The first kappa shape index (κ1) is 15.7. The van der Waals surface area contributed by atoms with E-state index in [1.54, 1.807) is 12.1 Å². The first-order valence-electron chi connectivity index (χ1n) is 6.37. The van der Waals surface area contributed by atoms with E-state index in [1.165, 1.54) is 26.4 Å². The lowest BCUT2D eigenvalue weighted by molar-refractivity contribution is 0.268. The van der Waals surface area contributed by atoms with Crippen LogP contribution in [0.4, 0.5) is 10.1 Å². The molecule has 0 heterocycles. The molecule has 1 N–H and O–H groups in total. The molecule has 0 unspecified atom stereocenters. The second-order valence-electron chi connectivity index (χ2n) is 4.37. The fourth-order valence-corrected chi connectivity index (χ4v) is 3.38. The van der Waals surface area contributed by atoms with Crippen LogP contribution in [-0.4, -0.2) is 14.2 Å². The highest BCUT2D eigenvalue weighted by atomic mass is 31.2. The second-order valence-corrected chi connectivity index (χ2v) is 6.70. The molecule has 2 aromatic carbocycles. The first-order valence-corrected chi connectivity index (χ1v) is 7.98. The maximum absolute atomic E-state index is 13.0. The molecule has 0 bridgehead atoms. The van der Waals surface area contributed by atoms with Gasteiger partial charge in [-0.2, -0.15) is 0 Å². The summed E-state index contributed by atoms with van der Waals surface area (Å²) in [5.41, 5.74) is 1.38. The summed E-state index contributed by atoms with van der Waals surface area (Å²) in [6.07, 6.45) is 0. The lowest BCUT2D eigenvalue weighted by Gasteiger charge is -2.26. The molecule has 0 amide bonds. The quantitative estimate of drug-likeness (QED) is 0.802. The van der Waals surface area contributed by atoms with E-state index in [0.29, 0.717) is 5.69 Å². The van der Waals surface area contributed by atoms with E-state index in [0.717, 1.165) is 5.56 Å². The summed E-state index contributed by atoms with van der Waals surface area (Å²) >= 11 is 0. The third-order valence-corrected chi connectivity index (χ3v) is 5.17. The Kier molecular flexibility index (Phi) is 5.12. The van der Waals surface area contributed by atoms with E-state index in [4.69, 9.17) is 9.05 Å². The van der Waals surface area contributed by atoms with Crippen molar-refractivity contribution in [3.8, 4) is 0 Å². The molecule has 0 spiro atoms. The van der Waals surface area contributed by atoms with E-state index in [9.17, 15) is 8.96 Å². The van der Waals surface area contributed by atoms with Gasteiger partial charge in [-0.1, -0.05) is 30.3 Å². The van der Waals surface area contributed by atoms with E-state index in [2.05, 4.69) is 5.32 Å². The zero-order valence-corrected chi connectivity index (χ0v) is 12.7. The number of hydrogen-bond donors (Lipinski definition) is 1. The van der Waals surface area contributed by atoms with Gasteiger partial charge in [0.05, 0.1) is 0 Å². The van der Waals surface area contributed by atoms with Crippen molar-refractivity contribution in [1.82, 2.24) is 0 Å². The van der Waals surface area contributed by atoms with Crippen LogP contribution in [0, 0.1) is 5.82 Å². The number of hydrogen-bond acceptors (Lipinski definition) is 4. The lowest BCUT2D eigenvalue weighted by Crippen LogP contribution is -2.13. The minimum atomic E-state index is -3.40. The maximum atomic E-state index is 13.0. The molecule has 4 nitrogen and oxygen atoms in total. The highest BCUT2D eigenvalue weighted by molar-refractivity contribution is 7.54. The number of halogens is 1. The van der Waals surface area contributed by atoms with Crippen molar-refractivity contribution in [3.05, 3.63) is 66.0 Å². The van der Waals surface area contributed by atoms with Crippen molar-refractivity contribution in [1.29, 1.82) is 0 Å². The number of anilines is 1. The highest BCUT2D eigenvalue weighted by Crippen LogP contribution is 2.59. The average molecular weight is 309 g/mol. The summed E-state index contributed by atoms with van der Waals surface area (Å²) in [6.45, 7) is 0. The Labute approximate surface area is 123 Å². The van der Waals surface area contributed by atoms with Gasteiger partial charge in [0.1, 0.15) is 5.82 Å². The molecule has 0 fully saturated rings. The van der Waals surface area contributed by atoms with E-state index in [-0.39, 0.29) is 5.82 Å². The maximum Gasteiger partial charge on any atom is 0.356 e. The van der Waals surface area contributed by atoms with Crippen LogP contribution in [-0.2, 0) is 13.6 Å². The molecule has 0 aliphatic rings. The van der Waals surface area contributed by atoms with Crippen LogP contribution in [0.2, 0.25) is 0 Å². The zero-order valence-electron chi connectivity index (χ0n) is 11.8. The average Bonchev–Trinajstić information content (AvgIpc) is 2.54. The Hall–Kier alpha value is -1.68. The lowest BCUT2D eigenvalue weighted by atomic mass is 10.2. The third-order valence-electron chi connectivity index (χ3n) is 3.09. The molecular formula is C15H17FNO3P. The summed E-state index contributed by atoms with van der Waals surface area (Å²) in [6, 6.07) is 15.0. The smallest absolute Gasteiger partial charge is 0.356 e. The second kappa shape index (κ2) is 6.85. The summed E-state index contributed by atoms with van der Waals surface area (Å²) in [5.74, 6) is -1.02. The summed E-state index contributed by atoms with van der Waals surface area (Å²) in [4.78, 5) is 0. The van der Waals surface area contributed by atoms with Crippen molar-refractivity contribution in [3.63, 3.8) is 0 Å². The largest absolute Gasteiger partial charge is 0.368 e. The summed E-state index contributed by atoms with van der Waals surface area (Å²) in [5, 5.41) is 3.09. The van der Waals surface area contributed by atoms with E-state index >= 15 is 0 Å². The van der Waals surface area contributed by atoms with Crippen molar-refractivity contribution in [2.45, 2.75) is 5.78 Å². The minimum Gasteiger partial charge on any atom is -0.368 e. The van der Waals surface area contributed by atoms with Crippen molar-refractivity contribution in [2.24, 2.45) is 0 Å². The molecular weight excluding hydrogens is 292 g/mol. The van der Waals surface area contributed by atoms with Gasteiger partial charge >= 0.3 is 7.60 Å². The van der Waals surface area contributed by atoms with Gasteiger partial charge in [-0.25, -0.2) is 4.39 Å². The molecule has 2 aromatic rings. The monoisotopic (exact) mass is 309 g/mol. The molecule has 0 saturated carbocycles. The predicted octanol–water partition coefficient (Wildman–Crippen LogP) is 4.42. The summed E-state index contributed by atoms with van der Waals surface area (Å²) in [7, 11) is -0.716. The predicted molar refractivity (Wildman–Crippen MR) is 80.8 cm³/mol. The Balaban J connectivity index is 2.37. The molecule has 112 valence electrons. The van der Waals surface area contributed by atoms with Gasteiger partial charge in [-0.05, 0) is 29.8 Å². The molecule has 0 aromatic heterocycles. The van der Waals surface area contributed by atoms with Crippen LogP contribution >= 0.6 is 7.60 Å². The van der Waals surface area contributed by atoms with Gasteiger partial charge in [0.2, 0.25) is 0 Å².